The predicted octanol–water partition coefficient (Wildman–Crippen LogP) is 13.8. The maximum atomic E-state index is 6.71. The largest absolute Gasteiger partial charge is 0.485 e. The first-order valence-corrected chi connectivity index (χ1v) is 20.4. The minimum Gasteiger partial charge on any atom is -0.485 e. The topological polar surface area (TPSA) is 43.2 Å². The Kier molecular flexibility index (Phi) is 7.57. The van der Waals surface area contributed by atoms with Crippen LogP contribution in [0.25, 0.3) is 72.5 Å². The second-order valence-electron chi connectivity index (χ2n) is 15.7. The van der Waals surface area contributed by atoms with Crippen molar-refractivity contribution in [2.45, 2.75) is 25.4 Å². The van der Waals surface area contributed by atoms with E-state index in [-0.39, 0.29) is 12.0 Å². The average Bonchev–Trinajstić information content (AvgIpc) is 3.79. The van der Waals surface area contributed by atoms with Crippen molar-refractivity contribution in [2.24, 2.45) is 0 Å². The van der Waals surface area contributed by atoms with Gasteiger partial charge in [0.05, 0.1) is 28.1 Å². The van der Waals surface area contributed by atoms with E-state index in [1.54, 1.807) is 0 Å². The highest BCUT2D eigenvalue weighted by Gasteiger charge is 2.36. The van der Waals surface area contributed by atoms with Crippen molar-refractivity contribution in [2.75, 3.05) is 4.90 Å². The van der Waals surface area contributed by atoms with E-state index in [9.17, 15) is 0 Å². The summed E-state index contributed by atoms with van der Waals surface area (Å²) in [5.74, 6) is 1.86. The molecule has 0 radical (unpaired) electrons. The SMILES string of the molecule is C[C@@H]1Oc2cc3c4cc5c(cc4n(-c4cccc(-c6nc(-c7ccccc7)cc(-c7ccccc7)n6)c4)c3cc2-c2ccccc21)C1CC=CC=C1N5c1ccccc1. The lowest BCUT2D eigenvalue weighted by Crippen LogP contribution is -2.14. The molecule has 1 aliphatic carbocycles. The second-order valence-corrected chi connectivity index (χ2v) is 15.7. The van der Waals surface area contributed by atoms with E-state index < -0.39 is 0 Å². The van der Waals surface area contributed by atoms with Gasteiger partial charge in [0.25, 0.3) is 0 Å². The molecule has 0 saturated heterocycles. The molecule has 2 atom stereocenters. The third-order valence-electron chi connectivity index (χ3n) is 12.3. The van der Waals surface area contributed by atoms with Crippen LogP contribution in [0.3, 0.4) is 0 Å². The Bertz CT molecular complexity index is 3130. The van der Waals surface area contributed by atoms with Crippen LogP contribution in [-0.4, -0.2) is 14.5 Å². The fourth-order valence-electron chi connectivity index (χ4n) is 9.52. The van der Waals surface area contributed by atoms with Gasteiger partial charge in [-0.2, -0.15) is 0 Å². The standard InChI is InChI=1S/C54H38N4O/c1-34-40-24-11-12-25-41(40)46-31-52-45(32-53(46)59-34)44-30-50-43(42-26-13-14-27-49(42)57(50)38-21-9-4-10-22-38)29-51(44)58(52)39-23-15-20-37(28-39)54-55-47(35-16-5-2-6-17-35)33-48(56-54)36-18-7-3-8-19-36/h2-25,27-34,42H,26H2,1H3/t34-,42?/m0/s1. The zero-order valence-electron chi connectivity index (χ0n) is 32.5. The minimum absolute atomic E-state index is 0.0472. The highest BCUT2D eigenvalue weighted by molar-refractivity contribution is 6.13. The molecule has 0 spiro atoms. The molecule has 0 amide bonds. The number of benzene rings is 7. The molecule has 2 aromatic heterocycles. The molecule has 5 heteroatoms. The van der Waals surface area contributed by atoms with Gasteiger partial charge in [-0.1, -0.05) is 127 Å². The lowest BCUT2D eigenvalue weighted by atomic mass is 9.91. The maximum absolute atomic E-state index is 6.71. The van der Waals surface area contributed by atoms with Crippen LogP contribution in [-0.2, 0) is 0 Å². The monoisotopic (exact) mass is 758 g/mol. The van der Waals surface area contributed by atoms with Crippen molar-refractivity contribution in [3.8, 4) is 56.5 Å². The molecule has 0 bridgehead atoms. The van der Waals surface area contributed by atoms with Crippen molar-refractivity contribution in [3.63, 3.8) is 0 Å². The van der Waals surface area contributed by atoms with Crippen molar-refractivity contribution in [1.82, 2.24) is 14.5 Å². The summed E-state index contributed by atoms with van der Waals surface area (Å²) in [7, 11) is 0. The third kappa shape index (κ3) is 5.39. The number of aromatic nitrogens is 3. The summed E-state index contributed by atoms with van der Waals surface area (Å²) in [4.78, 5) is 12.9. The molecule has 2 aliphatic heterocycles. The van der Waals surface area contributed by atoms with Gasteiger partial charge in [-0.3, -0.25) is 0 Å². The van der Waals surface area contributed by atoms with Crippen LogP contribution in [0.4, 0.5) is 11.4 Å². The molecule has 59 heavy (non-hydrogen) atoms. The summed E-state index contributed by atoms with van der Waals surface area (Å²) in [6.45, 7) is 2.15. The number of fused-ring (bicyclic) bond motifs is 9. The van der Waals surface area contributed by atoms with Gasteiger partial charge >= 0.3 is 0 Å². The first kappa shape index (κ1) is 33.6. The average molecular weight is 759 g/mol. The van der Waals surface area contributed by atoms with Crippen molar-refractivity contribution in [1.29, 1.82) is 0 Å². The van der Waals surface area contributed by atoms with Gasteiger partial charge in [0.15, 0.2) is 5.82 Å². The van der Waals surface area contributed by atoms with Crippen LogP contribution in [0, 0.1) is 0 Å². The fraction of sp³-hybridized carbons (Fsp3) is 0.0741. The van der Waals surface area contributed by atoms with E-state index in [1.807, 2.05) is 12.1 Å². The molecule has 280 valence electrons. The number of allylic oxidation sites excluding steroid dienone is 4. The molecular formula is C54H38N4O. The molecule has 5 nitrogen and oxygen atoms in total. The van der Waals surface area contributed by atoms with Gasteiger partial charge in [-0.25, -0.2) is 9.97 Å². The Hall–Kier alpha value is -7.50. The molecule has 3 aliphatic rings. The van der Waals surface area contributed by atoms with Crippen LogP contribution in [0.2, 0.25) is 0 Å². The maximum Gasteiger partial charge on any atom is 0.160 e. The highest BCUT2D eigenvalue weighted by atomic mass is 16.5. The number of hydrogen-bond donors (Lipinski definition) is 0. The lowest BCUT2D eigenvalue weighted by molar-refractivity contribution is 0.223. The molecule has 0 saturated carbocycles. The van der Waals surface area contributed by atoms with E-state index in [0.717, 1.165) is 67.9 Å². The number of rotatable bonds is 5. The van der Waals surface area contributed by atoms with E-state index in [0.29, 0.717) is 5.82 Å². The molecule has 4 heterocycles. The third-order valence-corrected chi connectivity index (χ3v) is 12.3. The Balaban J connectivity index is 1.11. The molecule has 7 aromatic carbocycles. The molecule has 1 unspecified atom stereocenters. The van der Waals surface area contributed by atoms with Gasteiger partial charge in [0.2, 0.25) is 0 Å². The van der Waals surface area contributed by atoms with E-state index in [2.05, 4.69) is 192 Å². The molecular weight excluding hydrogens is 721 g/mol. The number of para-hydroxylation sites is 1. The van der Waals surface area contributed by atoms with E-state index >= 15 is 0 Å². The van der Waals surface area contributed by atoms with E-state index in [4.69, 9.17) is 14.7 Å². The summed E-state index contributed by atoms with van der Waals surface area (Å²) < 4.78 is 9.16. The van der Waals surface area contributed by atoms with Crippen LogP contribution in [0.1, 0.15) is 36.5 Å². The predicted molar refractivity (Wildman–Crippen MR) is 240 cm³/mol. The second kappa shape index (κ2) is 13.3. The highest BCUT2D eigenvalue weighted by Crippen LogP contribution is 2.54. The molecule has 12 rings (SSSR count). The number of nitrogens with zero attached hydrogens (tertiary/aromatic N) is 4. The smallest absolute Gasteiger partial charge is 0.160 e. The lowest BCUT2D eigenvalue weighted by Gasteiger charge is -2.26. The van der Waals surface area contributed by atoms with Crippen molar-refractivity contribution >= 4 is 33.2 Å². The number of ether oxygens (including phenoxy) is 1. The zero-order valence-corrected chi connectivity index (χ0v) is 32.5. The van der Waals surface area contributed by atoms with Crippen LogP contribution in [0.15, 0.2) is 194 Å². The van der Waals surface area contributed by atoms with Gasteiger partial charge in [-0.15, -0.1) is 0 Å². The van der Waals surface area contributed by atoms with Crippen LogP contribution >= 0.6 is 0 Å². The van der Waals surface area contributed by atoms with Gasteiger partial charge < -0.3 is 14.2 Å². The van der Waals surface area contributed by atoms with Crippen molar-refractivity contribution in [3.05, 3.63) is 205 Å². The van der Waals surface area contributed by atoms with Crippen LogP contribution in [0.5, 0.6) is 5.75 Å². The van der Waals surface area contributed by atoms with Gasteiger partial charge in [0, 0.05) is 61.6 Å². The van der Waals surface area contributed by atoms with Gasteiger partial charge in [0.1, 0.15) is 11.9 Å². The quantitative estimate of drug-likeness (QED) is 0.175. The Morgan fingerprint density at radius 1 is 0.559 bits per heavy atom. The summed E-state index contributed by atoms with van der Waals surface area (Å²) in [6, 6.07) is 60.5. The van der Waals surface area contributed by atoms with Crippen LogP contribution < -0.4 is 9.64 Å². The Morgan fingerprint density at radius 2 is 1.20 bits per heavy atom. The summed E-state index contributed by atoms with van der Waals surface area (Å²) in [6.07, 6.45) is 7.70. The molecule has 0 N–H and O–H groups in total. The molecule has 9 aromatic rings. The Morgan fingerprint density at radius 3 is 1.97 bits per heavy atom. The van der Waals surface area contributed by atoms with Gasteiger partial charge in [-0.05, 0) is 85.1 Å². The van der Waals surface area contributed by atoms with Crippen molar-refractivity contribution < 1.29 is 4.74 Å². The molecule has 0 fully saturated rings. The number of anilines is 2. The minimum atomic E-state index is -0.0472. The Labute approximate surface area is 342 Å². The first-order chi connectivity index (χ1) is 29.2. The van der Waals surface area contributed by atoms with E-state index in [1.165, 1.54) is 39.1 Å². The normalized spacial score (nSPS) is 16.3. The zero-order chi connectivity index (χ0) is 39.0. The summed E-state index contributed by atoms with van der Waals surface area (Å²) >= 11 is 0. The first-order valence-electron chi connectivity index (χ1n) is 20.4. The number of hydrogen-bond acceptors (Lipinski definition) is 4. The summed E-state index contributed by atoms with van der Waals surface area (Å²) in [5.41, 5.74) is 16.8. The summed E-state index contributed by atoms with van der Waals surface area (Å²) in [5, 5.41) is 2.34. The fourth-order valence-corrected chi connectivity index (χ4v) is 9.52.